The number of amides is 1. The maximum absolute atomic E-state index is 13.3. The first-order chi connectivity index (χ1) is 12.8. The molecular weight excluding hydrogens is 376 g/mol. The van der Waals surface area contributed by atoms with Crippen LogP contribution in [0, 0.1) is 5.92 Å². The monoisotopic (exact) mass is 399 g/mol. The third kappa shape index (κ3) is 4.59. The largest absolute Gasteiger partial charge is 0.390 e. The minimum absolute atomic E-state index is 0.0523. The minimum atomic E-state index is -2.58. The summed E-state index contributed by atoms with van der Waals surface area (Å²) in [5, 5.41) is 13.8. The Balaban J connectivity index is 1.76. The van der Waals surface area contributed by atoms with Crippen molar-refractivity contribution in [2.45, 2.75) is 44.3 Å². The van der Waals surface area contributed by atoms with Crippen molar-refractivity contribution in [2.24, 2.45) is 11.7 Å². The van der Waals surface area contributed by atoms with Gasteiger partial charge in [0.05, 0.1) is 22.2 Å². The van der Waals surface area contributed by atoms with Crippen LogP contribution in [0.15, 0.2) is 24.4 Å². The molecule has 1 saturated carbocycles. The zero-order valence-corrected chi connectivity index (χ0v) is 15.7. The molecule has 1 fully saturated rings. The van der Waals surface area contributed by atoms with Crippen LogP contribution in [0.4, 0.5) is 8.78 Å². The topological polar surface area (TPSA) is 80.3 Å². The molecule has 5 nitrogen and oxygen atoms in total. The zero-order chi connectivity index (χ0) is 19.6. The van der Waals surface area contributed by atoms with Crippen molar-refractivity contribution in [1.29, 1.82) is 0 Å². The van der Waals surface area contributed by atoms with Gasteiger partial charge in [-0.15, -0.1) is 0 Å². The fourth-order valence-electron chi connectivity index (χ4n) is 3.57. The number of fused-ring (bicyclic) bond motifs is 1. The first-order valence-corrected chi connectivity index (χ1v) is 9.50. The number of hydrogen-bond donors (Lipinski definition) is 3. The number of benzene rings is 1. The molecule has 1 aliphatic carbocycles. The van der Waals surface area contributed by atoms with Crippen LogP contribution >= 0.6 is 11.6 Å². The highest BCUT2D eigenvalue weighted by Gasteiger charge is 2.34. The van der Waals surface area contributed by atoms with Crippen LogP contribution in [0.2, 0.25) is 5.02 Å². The lowest BCUT2D eigenvalue weighted by molar-refractivity contribution is -0.0452. The van der Waals surface area contributed by atoms with E-state index in [0.717, 1.165) is 5.52 Å². The van der Waals surface area contributed by atoms with E-state index in [-0.39, 0.29) is 37.8 Å². The summed E-state index contributed by atoms with van der Waals surface area (Å²) in [4.78, 5) is 12.7. The SMILES string of the molecule is NCC(O)Cn1cc(C(=O)NCC2CCC(F)(F)CC2)c2c(Cl)cccc21. The predicted molar refractivity (Wildman–Crippen MR) is 101 cm³/mol. The third-order valence-electron chi connectivity index (χ3n) is 5.17. The first-order valence-electron chi connectivity index (χ1n) is 9.12. The van der Waals surface area contributed by atoms with Gasteiger partial charge in [-0.2, -0.15) is 0 Å². The number of carbonyl (C=O) groups excluding carboxylic acids is 1. The summed E-state index contributed by atoms with van der Waals surface area (Å²) >= 11 is 6.31. The van der Waals surface area contributed by atoms with Gasteiger partial charge in [-0.3, -0.25) is 4.79 Å². The fourth-order valence-corrected chi connectivity index (χ4v) is 3.84. The summed E-state index contributed by atoms with van der Waals surface area (Å²) < 4.78 is 28.3. The van der Waals surface area contributed by atoms with Crippen LogP contribution in [0.3, 0.4) is 0 Å². The average Bonchev–Trinajstić information content (AvgIpc) is 3.00. The maximum atomic E-state index is 13.3. The molecule has 0 aliphatic heterocycles. The van der Waals surface area contributed by atoms with Gasteiger partial charge < -0.3 is 20.7 Å². The van der Waals surface area contributed by atoms with E-state index in [9.17, 15) is 18.7 Å². The van der Waals surface area contributed by atoms with Crippen molar-refractivity contribution >= 4 is 28.4 Å². The van der Waals surface area contributed by atoms with Gasteiger partial charge in [0, 0.05) is 44.1 Å². The van der Waals surface area contributed by atoms with Crippen molar-refractivity contribution < 1.29 is 18.7 Å². The summed E-state index contributed by atoms with van der Waals surface area (Å²) in [5.41, 5.74) is 6.63. The Morgan fingerprint density at radius 3 is 2.78 bits per heavy atom. The van der Waals surface area contributed by atoms with Crippen LogP contribution in [0.5, 0.6) is 0 Å². The number of aliphatic hydroxyl groups excluding tert-OH is 1. The molecule has 1 unspecified atom stereocenters. The third-order valence-corrected chi connectivity index (χ3v) is 5.48. The smallest absolute Gasteiger partial charge is 0.253 e. The van der Waals surface area contributed by atoms with E-state index < -0.39 is 12.0 Å². The van der Waals surface area contributed by atoms with E-state index in [1.807, 2.05) is 6.07 Å². The van der Waals surface area contributed by atoms with Gasteiger partial charge in [-0.25, -0.2) is 8.78 Å². The number of nitrogens with two attached hydrogens (primary N) is 1. The van der Waals surface area contributed by atoms with Gasteiger partial charge in [-0.1, -0.05) is 17.7 Å². The summed E-state index contributed by atoms with van der Waals surface area (Å²) in [5.74, 6) is -2.83. The summed E-state index contributed by atoms with van der Waals surface area (Å²) in [7, 11) is 0. The number of halogens is 3. The van der Waals surface area contributed by atoms with Crippen molar-refractivity contribution in [1.82, 2.24) is 9.88 Å². The van der Waals surface area contributed by atoms with E-state index >= 15 is 0 Å². The van der Waals surface area contributed by atoms with E-state index in [0.29, 0.717) is 35.4 Å². The number of aromatic nitrogens is 1. The summed E-state index contributed by atoms with van der Waals surface area (Å²) in [6.07, 6.45) is 1.46. The van der Waals surface area contributed by atoms with E-state index in [2.05, 4.69) is 5.32 Å². The van der Waals surface area contributed by atoms with Crippen LogP contribution in [-0.2, 0) is 6.54 Å². The van der Waals surface area contributed by atoms with Crippen molar-refractivity contribution in [3.63, 3.8) is 0 Å². The fraction of sp³-hybridized carbons (Fsp3) is 0.526. The van der Waals surface area contributed by atoms with Gasteiger partial charge in [0.25, 0.3) is 5.91 Å². The Hall–Kier alpha value is -1.70. The standard InChI is InChI=1S/C19H24ClF2N3O2/c20-15-2-1-3-16-17(15)14(11-25(16)10-13(26)8-23)18(27)24-9-12-4-6-19(21,22)7-5-12/h1-3,11-13,26H,4-10,23H2,(H,24,27). The highest BCUT2D eigenvalue weighted by Crippen LogP contribution is 2.36. The van der Waals surface area contributed by atoms with E-state index in [1.165, 1.54) is 0 Å². The second-order valence-corrected chi connectivity index (χ2v) is 7.64. The molecule has 0 bridgehead atoms. The highest BCUT2D eigenvalue weighted by atomic mass is 35.5. The minimum Gasteiger partial charge on any atom is -0.390 e. The van der Waals surface area contributed by atoms with Crippen LogP contribution in [-0.4, -0.2) is 40.7 Å². The van der Waals surface area contributed by atoms with Gasteiger partial charge in [-0.05, 0) is 30.9 Å². The van der Waals surface area contributed by atoms with Crippen LogP contribution in [0.25, 0.3) is 10.9 Å². The number of carbonyl (C=O) groups is 1. The first kappa shape index (κ1) is 20.0. The Morgan fingerprint density at radius 1 is 1.41 bits per heavy atom. The molecule has 148 valence electrons. The number of rotatable bonds is 6. The van der Waals surface area contributed by atoms with Crippen molar-refractivity contribution in [3.05, 3.63) is 35.0 Å². The molecule has 8 heteroatoms. The van der Waals surface area contributed by atoms with Crippen molar-refractivity contribution in [3.8, 4) is 0 Å². The number of aliphatic hydroxyl groups is 1. The average molecular weight is 400 g/mol. The van der Waals surface area contributed by atoms with Gasteiger partial charge in [0.15, 0.2) is 0 Å². The van der Waals surface area contributed by atoms with Gasteiger partial charge in [0.1, 0.15) is 0 Å². The normalized spacial score (nSPS) is 18.6. The molecule has 1 aromatic heterocycles. The van der Waals surface area contributed by atoms with Crippen molar-refractivity contribution in [2.75, 3.05) is 13.1 Å². The Bertz CT molecular complexity index is 815. The molecule has 2 aromatic rings. The number of alkyl halides is 2. The number of nitrogens with one attached hydrogen (secondary N) is 1. The molecule has 3 rings (SSSR count). The Morgan fingerprint density at radius 2 is 2.11 bits per heavy atom. The molecule has 4 N–H and O–H groups in total. The Kier molecular flexibility index (Phi) is 6.03. The lowest BCUT2D eigenvalue weighted by Gasteiger charge is -2.28. The summed E-state index contributed by atoms with van der Waals surface area (Å²) in [6.45, 7) is 0.712. The predicted octanol–water partition coefficient (Wildman–Crippen LogP) is 3.17. The van der Waals surface area contributed by atoms with Crippen LogP contribution < -0.4 is 11.1 Å². The molecule has 1 atom stereocenters. The van der Waals surface area contributed by atoms with E-state index in [1.54, 1.807) is 22.9 Å². The second kappa shape index (κ2) is 8.12. The molecule has 0 spiro atoms. The lowest BCUT2D eigenvalue weighted by atomic mass is 9.87. The lowest BCUT2D eigenvalue weighted by Crippen LogP contribution is -2.33. The number of hydrogen-bond acceptors (Lipinski definition) is 3. The Labute approximate surface area is 161 Å². The number of nitrogens with zero attached hydrogens (tertiary/aromatic N) is 1. The molecule has 1 aromatic carbocycles. The molecule has 1 amide bonds. The highest BCUT2D eigenvalue weighted by molar-refractivity contribution is 6.36. The molecular formula is C19H24ClF2N3O2. The summed E-state index contributed by atoms with van der Waals surface area (Å²) in [6, 6.07) is 5.30. The molecule has 27 heavy (non-hydrogen) atoms. The molecule has 0 radical (unpaired) electrons. The molecule has 1 aliphatic rings. The molecule has 0 saturated heterocycles. The van der Waals surface area contributed by atoms with Crippen LogP contribution in [0.1, 0.15) is 36.0 Å². The quantitative estimate of drug-likeness (QED) is 0.698. The van der Waals surface area contributed by atoms with E-state index in [4.69, 9.17) is 17.3 Å². The van der Waals surface area contributed by atoms with Gasteiger partial charge >= 0.3 is 0 Å². The molecule has 1 heterocycles. The van der Waals surface area contributed by atoms with Gasteiger partial charge in [0.2, 0.25) is 5.92 Å². The maximum Gasteiger partial charge on any atom is 0.253 e. The zero-order valence-electron chi connectivity index (χ0n) is 14.9. The second-order valence-electron chi connectivity index (χ2n) is 7.23.